The Hall–Kier alpha value is -3.66. The molecule has 1 heterocycles. The van der Waals surface area contributed by atoms with Crippen molar-refractivity contribution in [1.29, 1.82) is 0 Å². The summed E-state index contributed by atoms with van der Waals surface area (Å²) in [5, 5.41) is 14.3. The van der Waals surface area contributed by atoms with Gasteiger partial charge in [-0.15, -0.1) is 0 Å². The standard InChI is InChI=1S/C26H28ClFN2O7/c1-12(2)20(24(33)34)30-25(35)36-22-21(29-23(32)15-6-8-18(28)17(27)11-15)16-10-14(13(3)31)7-9-19(16)37-26(22,4)5/h6-12,20-22H,1-5H3,(H,29,32)(H,30,35)(H,33,34)/t20-,21-,22-/m0/s1. The number of carbonyl (C=O) groups excluding carboxylic acids is 3. The smallest absolute Gasteiger partial charge is 0.408 e. The zero-order chi connectivity index (χ0) is 27.7. The summed E-state index contributed by atoms with van der Waals surface area (Å²) in [6.45, 7) is 7.91. The molecular formula is C26H28ClFN2O7. The number of halogens is 2. The molecule has 0 spiro atoms. The molecule has 3 N–H and O–H groups in total. The molecule has 1 aliphatic heterocycles. The van der Waals surface area contributed by atoms with Crippen molar-refractivity contribution >= 4 is 35.4 Å². The predicted octanol–water partition coefficient (Wildman–Crippen LogP) is 4.53. The van der Waals surface area contributed by atoms with Gasteiger partial charge in [0.15, 0.2) is 11.9 Å². The molecule has 0 aliphatic carbocycles. The molecule has 1 aliphatic rings. The molecule has 0 aromatic heterocycles. The minimum Gasteiger partial charge on any atom is -0.484 e. The van der Waals surface area contributed by atoms with Gasteiger partial charge in [0.25, 0.3) is 5.91 Å². The SMILES string of the molecule is CC(=O)c1ccc2c(c1)[C@H](NC(=O)c1ccc(F)c(Cl)c1)[C@H](OC(=O)N[C@H](C(=O)O)C(C)C)C(C)(C)O2. The predicted molar refractivity (Wildman–Crippen MR) is 132 cm³/mol. The van der Waals surface area contributed by atoms with Gasteiger partial charge in [-0.2, -0.15) is 0 Å². The number of rotatable bonds is 7. The van der Waals surface area contributed by atoms with E-state index in [9.17, 15) is 28.7 Å². The Morgan fingerprint density at radius 1 is 1.11 bits per heavy atom. The monoisotopic (exact) mass is 534 g/mol. The lowest BCUT2D eigenvalue weighted by atomic mass is 9.85. The number of fused-ring (bicyclic) bond motifs is 1. The minimum atomic E-state index is -1.24. The Labute approximate surface area is 218 Å². The van der Waals surface area contributed by atoms with Crippen molar-refractivity contribution < 1.29 is 38.1 Å². The van der Waals surface area contributed by atoms with Gasteiger partial charge in [0.1, 0.15) is 23.2 Å². The number of nitrogens with one attached hydrogen (secondary N) is 2. The Morgan fingerprint density at radius 2 is 1.76 bits per heavy atom. The fourth-order valence-electron chi connectivity index (χ4n) is 4.02. The van der Waals surface area contributed by atoms with Crippen LogP contribution in [0.25, 0.3) is 0 Å². The highest BCUT2D eigenvalue weighted by Gasteiger charge is 2.48. The van der Waals surface area contributed by atoms with Crippen molar-refractivity contribution in [2.24, 2.45) is 5.92 Å². The number of amides is 2. The van der Waals surface area contributed by atoms with E-state index in [0.29, 0.717) is 16.9 Å². The van der Waals surface area contributed by atoms with Gasteiger partial charge in [-0.3, -0.25) is 9.59 Å². The van der Waals surface area contributed by atoms with Crippen LogP contribution in [-0.2, 0) is 9.53 Å². The third-order valence-electron chi connectivity index (χ3n) is 6.02. The first-order valence-corrected chi connectivity index (χ1v) is 11.9. The number of hydrogen-bond acceptors (Lipinski definition) is 6. The van der Waals surface area contributed by atoms with Crippen LogP contribution in [0.15, 0.2) is 36.4 Å². The van der Waals surface area contributed by atoms with Crippen LogP contribution in [0.2, 0.25) is 5.02 Å². The quantitative estimate of drug-likeness (QED) is 0.445. The number of alkyl carbamates (subject to hydrolysis) is 1. The molecule has 0 radical (unpaired) electrons. The summed E-state index contributed by atoms with van der Waals surface area (Å²) < 4.78 is 25.4. The molecule has 0 unspecified atom stereocenters. The fourth-order valence-corrected chi connectivity index (χ4v) is 4.21. The topological polar surface area (TPSA) is 131 Å². The summed E-state index contributed by atoms with van der Waals surface area (Å²) in [5.74, 6) is -2.90. The number of Topliss-reactive ketones (excluding diaryl/α,β-unsaturated/α-hetero) is 1. The van der Waals surface area contributed by atoms with Gasteiger partial charge < -0.3 is 25.2 Å². The van der Waals surface area contributed by atoms with Gasteiger partial charge in [0, 0.05) is 16.7 Å². The molecule has 9 nitrogen and oxygen atoms in total. The molecule has 0 bridgehead atoms. The van der Waals surface area contributed by atoms with E-state index in [0.717, 1.165) is 12.1 Å². The second-order valence-corrected chi connectivity index (χ2v) is 10.0. The molecule has 0 saturated heterocycles. The van der Waals surface area contributed by atoms with Gasteiger partial charge in [0.2, 0.25) is 0 Å². The van der Waals surface area contributed by atoms with Crippen molar-refractivity contribution in [1.82, 2.24) is 10.6 Å². The van der Waals surface area contributed by atoms with Crippen molar-refractivity contribution in [3.63, 3.8) is 0 Å². The summed E-state index contributed by atoms with van der Waals surface area (Å²) in [6, 6.07) is 5.89. The summed E-state index contributed by atoms with van der Waals surface area (Å²) in [4.78, 5) is 49.6. The van der Waals surface area contributed by atoms with Crippen molar-refractivity contribution in [2.75, 3.05) is 0 Å². The molecule has 2 aromatic carbocycles. The molecule has 198 valence electrons. The van der Waals surface area contributed by atoms with Gasteiger partial charge in [-0.25, -0.2) is 14.0 Å². The first-order valence-electron chi connectivity index (χ1n) is 11.5. The lowest BCUT2D eigenvalue weighted by Crippen LogP contribution is -2.57. The zero-order valence-electron chi connectivity index (χ0n) is 20.9. The maximum atomic E-state index is 13.6. The van der Waals surface area contributed by atoms with Crippen molar-refractivity contribution in [3.05, 3.63) is 63.9 Å². The normalized spacial score (nSPS) is 18.7. The molecule has 0 saturated carbocycles. The number of carboxylic acids is 1. The van der Waals surface area contributed by atoms with Crippen LogP contribution in [0.1, 0.15) is 66.9 Å². The van der Waals surface area contributed by atoms with Gasteiger partial charge in [-0.1, -0.05) is 25.4 Å². The minimum absolute atomic E-state index is 0.0499. The van der Waals surface area contributed by atoms with Crippen LogP contribution in [0.4, 0.5) is 9.18 Å². The lowest BCUT2D eigenvalue weighted by molar-refractivity contribution is -0.140. The number of ether oxygens (including phenoxy) is 2. The second kappa shape index (κ2) is 10.8. The van der Waals surface area contributed by atoms with Crippen LogP contribution in [0.3, 0.4) is 0 Å². The third kappa shape index (κ3) is 6.19. The Kier molecular flexibility index (Phi) is 8.12. The highest BCUT2D eigenvalue weighted by molar-refractivity contribution is 6.31. The van der Waals surface area contributed by atoms with Crippen LogP contribution in [-0.4, -0.2) is 46.6 Å². The van der Waals surface area contributed by atoms with Crippen LogP contribution >= 0.6 is 11.6 Å². The van der Waals surface area contributed by atoms with E-state index in [-0.39, 0.29) is 16.4 Å². The van der Waals surface area contributed by atoms with Crippen LogP contribution in [0.5, 0.6) is 5.75 Å². The first kappa shape index (κ1) is 27.9. The number of carbonyl (C=O) groups is 4. The van der Waals surface area contributed by atoms with Crippen molar-refractivity contribution in [3.8, 4) is 5.75 Å². The molecule has 2 amide bonds. The van der Waals surface area contributed by atoms with E-state index < -0.39 is 53.5 Å². The van der Waals surface area contributed by atoms with E-state index in [1.165, 1.54) is 19.1 Å². The van der Waals surface area contributed by atoms with E-state index >= 15 is 0 Å². The number of ketones is 1. The van der Waals surface area contributed by atoms with E-state index in [1.807, 2.05) is 0 Å². The molecule has 3 atom stereocenters. The van der Waals surface area contributed by atoms with E-state index in [1.54, 1.807) is 39.8 Å². The largest absolute Gasteiger partial charge is 0.484 e. The van der Waals surface area contributed by atoms with E-state index in [2.05, 4.69) is 10.6 Å². The second-order valence-electron chi connectivity index (χ2n) is 9.62. The molecule has 2 aromatic rings. The number of carboxylic acid groups (broad SMARTS) is 1. The van der Waals surface area contributed by atoms with Gasteiger partial charge in [-0.05, 0) is 63.1 Å². The Morgan fingerprint density at radius 3 is 2.32 bits per heavy atom. The molecule has 0 fully saturated rings. The molecule has 3 rings (SSSR count). The Bertz CT molecular complexity index is 1250. The lowest BCUT2D eigenvalue weighted by Gasteiger charge is -2.44. The number of benzene rings is 2. The van der Waals surface area contributed by atoms with E-state index in [4.69, 9.17) is 21.1 Å². The zero-order valence-corrected chi connectivity index (χ0v) is 21.7. The van der Waals surface area contributed by atoms with Gasteiger partial charge >= 0.3 is 12.1 Å². The summed E-state index contributed by atoms with van der Waals surface area (Å²) in [5.41, 5.74) is -0.448. The Balaban J connectivity index is 2.03. The highest BCUT2D eigenvalue weighted by Crippen LogP contribution is 2.42. The molecular weight excluding hydrogens is 507 g/mol. The fraction of sp³-hybridized carbons (Fsp3) is 0.385. The van der Waals surface area contributed by atoms with Gasteiger partial charge in [0.05, 0.1) is 11.1 Å². The van der Waals surface area contributed by atoms with Crippen molar-refractivity contribution in [2.45, 2.75) is 58.4 Å². The average Bonchev–Trinajstić information content (AvgIpc) is 2.80. The first-order chi connectivity index (χ1) is 17.2. The number of aliphatic carboxylic acids is 1. The summed E-state index contributed by atoms with van der Waals surface area (Å²) in [6.07, 6.45) is -2.19. The average molecular weight is 535 g/mol. The molecule has 37 heavy (non-hydrogen) atoms. The maximum absolute atomic E-state index is 13.6. The van der Waals surface area contributed by atoms with Crippen LogP contribution < -0.4 is 15.4 Å². The molecule has 11 heteroatoms. The number of hydrogen-bond donors (Lipinski definition) is 3. The summed E-state index contributed by atoms with van der Waals surface area (Å²) in [7, 11) is 0. The summed E-state index contributed by atoms with van der Waals surface area (Å²) >= 11 is 5.84. The van der Waals surface area contributed by atoms with Crippen LogP contribution in [0, 0.1) is 11.7 Å². The maximum Gasteiger partial charge on any atom is 0.408 e. The third-order valence-corrected chi connectivity index (χ3v) is 6.31. The highest BCUT2D eigenvalue weighted by atomic mass is 35.5.